The number of nitrogens with zero attached hydrogens (tertiary/aromatic N) is 5. The molecule has 4 aromatic rings. The van der Waals surface area contributed by atoms with Crippen molar-refractivity contribution in [3.63, 3.8) is 0 Å². The molecule has 0 bridgehead atoms. The second-order valence-corrected chi connectivity index (χ2v) is 10.2. The molecule has 4 heterocycles. The number of rotatable bonds is 5. The number of aromatic nitrogens is 4. The van der Waals surface area contributed by atoms with Crippen LogP contribution in [0.25, 0.3) is 11.6 Å². The summed E-state index contributed by atoms with van der Waals surface area (Å²) in [6.45, 7) is 0.643. The lowest BCUT2D eigenvalue weighted by Gasteiger charge is -2.26. The van der Waals surface area contributed by atoms with Crippen LogP contribution in [0.1, 0.15) is 22.6 Å². The largest absolute Gasteiger partial charge is 0.332 e. The van der Waals surface area contributed by atoms with Crippen molar-refractivity contribution in [3.05, 3.63) is 70.5 Å². The predicted octanol–water partition coefficient (Wildman–Crippen LogP) is 2.87. The van der Waals surface area contributed by atoms with Crippen LogP contribution in [0.5, 0.6) is 0 Å². The van der Waals surface area contributed by atoms with Gasteiger partial charge in [0.15, 0.2) is 11.5 Å². The maximum Gasteiger partial charge on any atom is 0.278 e. The summed E-state index contributed by atoms with van der Waals surface area (Å²) in [7, 11) is -1.68. The minimum atomic E-state index is -3.54. The Balaban J connectivity index is 1.45. The number of sulfonamides is 1. The van der Waals surface area contributed by atoms with Gasteiger partial charge in [-0.2, -0.15) is 14.4 Å². The van der Waals surface area contributed by atoms with Gasteiger partial charge in [-0.25, -0.2) is 8.42 Å². The summed E-state index contributed by atoms with van der Waals surface area (Å²) in [5.74, 6) is 0.877. The van der Waals surface area contributed by atoms with Gasteiger partial charge >= 0.3 is 0 Å². The molecule has 0 fully saturated rings. The number of aryl methyl sites for hydroxylation is 1. The summed E-state index contributed by atoms with van der Waals surface area (Å²) >= 11 is 1.22. The van der Waals surface area contributed by atoms with E-state index < -0.39 is 10.0 Å². The van der Waals surface area contributed by atoms with Gasteiger partial charge in [-0.3, -0.25) is 4.68 Å². The average Bonchev–Trinajstić information content (AvgIpc) is 3.50. The van der Waals surface area contributed by atoms with Gasteiger partial charge in [0.05, 0.1) is 0 Å². The molecule has 0 unspecified atom stereocenters. The summed E-state index contributed by atoms with van der Waals surface area (Å²) < 4.78 is 35.1. The van der Waals surface area contributed by atoms with Crippen LogP contribution in [0.3, 0.4) is 0 Å². The van der Waals surface area contributed by atoms with Crippen molar-refractivity contribution >= 4 is 21.4 Å². The molecule has 0 saturated carbocycles. The van der Waals surface area contributed by atoms with Crippen LogP contribution >= 0.6 is 11.3 Å². The van der Waals surface area contributed by atoms with Crippen molar-refractivity contribution in [1.82, 2.24) is 24.2 Å². The number of benzene rings is 1. The van der Waals surface area contributed by atoms with E-state index in [9.17, 15) is 8.42 Å². The Morgan fingerprint density at radius 3 is 2.77 bits per heavy atom. The fourth-order valence-electron chi connectivity index (χ4n) is 3.68. The molecule has 3 aromatic heterocycles. The van der Waals surface area contributed by atoms with Crippen molar-refractivity contribution in [3.8, 4) is 11.6 Å². The Hall–Kier alpha value is -2.82. The standard InChI is InChI=1S/C20H19N5O3S2/c1-24-16-9-10-25(30(26,27)18-8-5-11-29-18)13-15(16)19(22-24)20-21-17(23-28-20)12-14-6-3-2-4-7-14/h2-8,11H,9-10,12-13H2,1H3. The molecule has 10 heteroatoms. The zero-order chi connectivity index (χ0) is 20.7. The molecule has 0 aliphatic carbocycles. The number of hydrogen-bond acceptors (Lipinski definition) is 7. The third kappa shape index (κ3) is 3.36. The highest BCUT2D eigenvalue weighted by molar-refractivity contribution is 7.91. The second-order valence-electron chi connectivity index (χ2n) is 7.10. The smallest absolute Gasteiger partial charge is 0.278 e. The predicted molar refractivity (Wildman–Crippen MR) is 111 cm³/mol. The van der Waals surface area contributed by atoms with Crippen molar-refractivity contribution < 1.29 is 12.9 Å². The Morgan fingerprint density at radius 2 is 2.00 bits per heavy atom. The first-order valence-corrected chi connectivity index (χ1v) is 11.8. The molecular formula is C20H19N5O3S2. The lowest BCUT2D eigenvalue weighted by atomic mass is 10.1. The molecular weight excluding hydrogens is 422 g/mol. The van der Waals surface area contributed by atoms with Gasteiger partial charge in [0.25, 0.3) is 15.9 Å². The first kappa shape index (κ1) is 19.2. The van der Waals surface area contributed by atoms with Crippen molar-refractivity contribution in [1.29, 1.82) is 0 Å². The van der Waals surface area contributed by atoms with Crippen LogP contribution in [0.15, 0.2) is 56.6 Å². The zero-order valence-corrected chi connectivity index (χ0v) is 17.9. The lowest BCUT2D eigenvalue weighted by molar-refractivity contribution is 0.386. The molecule has 0 amide bonds. The maximum atomic E-state index is 13.0. The molecule has 1 aliphatic heterocycles. The van der Waals surface area contributed by atoms with E-state index in [1.54, 1.807) is 22.2 Å². The first-order valence-electron chi connectivity index (χ1n) is 9.47. The van der Waals surface area contributed by atoms with Gasteiger partial charge in [0.1, 0.15) is 4.21 Å². The molecule has 8 nitrogen and oxygen atoms in total. The first-order chi connectivity index (χ1) is 14.5. The number of thiophene rings is 1. The normalized spacial score (nSPS) is 14.7. The van der Waals surface area contributed by atoms with Gasteiger partial charge in [-0.15, -0.1) is 11.3 Å². The van der Waals surface area contributed by atoms with Crippen LogP contribution < -0.4 is 0 Å². The third-order valence-corrected chi connectivity index (χ3v) is 8.39. The van der Waals surface area contributed by atoms with Crippen LogP contribution in [-0.2, 0) is 36.5 Å². The molecule has 0 radical (unpaired) electrons. The lowest BCUT2D eigenvalue weighted by Crippen LogP contribution is -2.36. The fraction of sp³-hybridized carbons (Fsp3) is 0.250. The van der Waals surface area contributed by atoms with Gasteiger partial charge < -0.3 is 4.52 Å². The third-order valence-electron chi connectivity index (χ3n) is 5.17. The molecule has 0 atom stereocenters. The molecule has 30 heavy (non-hydrogen) atoms. The molecule has 0 saturated heterocycles. The summed E-state index contributed by atoms with van der Waals surface area (Å²) in [5.41, 5.74) is 3.44. The van der Waals surface area contributed by atoms with Crippen molar-refractivity contribution in [2.24, 2.45) is 7.05 Å². The van der Waals surface area contributed by atoms with Crippen LogP contribution in [-0.4, -0.2) is 39.2 Å². The Labute approximate surface area is 177 Å². The quantitative estimate of drug-likeness (QED) is 0.473. The topological polar surface area (TPSA) is 94.1 Å². The molecule has 5 rings (SSSR count). The SMILES string of the molecule is Cn1nc(-c2nc(Cc3ccccc3)no2)c2c1CCN(S(=O)(=O)c1cccs1)C2. The summed E-state index contributed by atoms with van der Waals surface area (Å²) in [4.78, 5) is 4.51. The highest BCUT2D eigenvalue weighted by Crippen LogP contribution is 2.32. The van der Waals surface area contributed by atoms with Crippen LogP contribution in [0.2, 0.25) is 0 Å². The summed E-state index contributed by atoms with van der Waals surface area (Å²) in [6, 6.07) is 13.3. The molecule has 1 aliphatic rings. The number of fused-ring (bicyclic) bond motifs is 1. The molecule has 0 spiro atoms. The monoisotopic (exact) mass is 441 g/mol. The van der Waals surface area contributed by atoms with E-state index in [1.807, 2.05) is 37.4 Å². The van der Waals surface area contributed by atoms with E-state index in [-0.39, 0.29) is 6.54 Å². The Bertz CT molecular complexity index is 1280. The maximum absolute atomic E-state index is 13.0. The van der Waals surface area contributed by atoms with Gasteiger partial charge in [0, 0.05) is 44.2 Å². The fourth-order valence-corrected chi connectivity index (χ4v) is 6.24. The van der Waals surface area contributed by atoms with E-state index >= 15 is 0 Å². The molecule has 1 aromatic carbocycles. The average molecular weight is 442 g/mol. The van der Waals surface area contributed by atoms with E-state index in [2.05, 4.69) is 15.2 Å². The zero-order valence-electron chi connectivity index (χ0n) is 16.2. The van der Waals surface area contributed by atoms with E-state index in [4.69, 9.17) is 4.52 Å². The van der Waals surface area contributed by atoms with Gasteiger partial charge in [-0.05, 0) is 17.0 Å². The minimum Gasteiger partial charge on any atom is -0.332 e. The van der Waals surface area contributed by atoms with Crippen molar-refractivity contribution in [2.45, 2.75) is 23.6 Å². The number of hydrogen-bond donors (Lipinski definition) is 0. The van der Waals surface area contributed by atoms with Gasteiger partial charge in [-0.1, -0.05) is 41.6 Å². The Kier molecular flexibility index (Phi) is 4.76. The summed E-state index contributed by atoms with van der Waals surface area (Å²) in [5, 5.41) is 10.4. The van der Waals surface area contributed by atoms with Crippen LogP contribution in [0, 0.1) is 0 Å². The minimum absolute atomic E-state index is 0.231. The van der Waals surface area contributed by atoms with E-state index in [1.165, 1.54) is 15.6 Å². The van der Waals surface area contributed by atoms with Gasteiger partial charge in [0.2, 0.25) is 0 Å². The van der Waals surface area contributed by atoms with E-state index in [0.29, 0.717) is 41.0 Å². The van der Waals surface area contributed by atoms with E-state index in [0.717, 1.165) is 16.8 Å². The molecule has 0 N–H and O–H groups in total. The Morgan fingerprint density at radius 1 is 1.17 bits per heavy atom. The van der Waals surface area contributed by atoms with Crippen molar-refractivity contribution in [2.75, 3.05) is 6.54 Å². The highest BCUT2D eigenvalue weighted by atomic mass is 32.2. The highest BCUT2D eigenvalue weighted by Gasteiger charge is 2.34. The van der Waals surface area contributed by atoms with Crippen LogP contribution in [0.4, 0.5) is 0 Å². The second kappa shape index (κ2) is 7.46. The summed E-state index contributed by atoms with van der Waals surface area (Å²) in [6.07, 6.45) is 1.13. The molecule has 154 valence electrons.